The van der Waals surface area contributed by atoms with Gasteiger partial charge in [-0.1, -0.05) is 13.8 Å². The largest absolute Gasteiger partial charge is 0.497 e. The Hall–Kier alpha value is -1.36. The van der Waals surface area contributed by atoms with E-state index >= 15 is 0 Å². The van der Waals surface area contributed by atoms with Crippen molar-refractivity contribution in [2.24, 2.45) is 5.92 Å². The van der Waals surface area contributed by atoms with E-state index in [1.54, 1.807) is 14.2 Å². The van der Waals surface area contributed by atoms with Gasteiger partial charge in [0.1, 0.15) is 16.7 Å². The van der Waals surface area contributed by atoms with Gasteiger partial charge in [0, 0.05) is 11.3 Å². The highest BCUT2D eigenvalue weighted by Gasteiger charge is 2.22. The van der Waals surface area contributed by atoms with Gasteiger partial charge in [0.05, 0.1) is 14.2 Å². The Morgan fingerprint density at radius 2 is 2.00 bits per heavy atom. The maximum atomic E-state index is 11.2. The van der Waals surface area contributed by atoms with Crippen LogP contribution in [-0.2, 0) is 10.5 Å². The summed E-state index contributed by atoms with van der Waals surface area (Å²) in [7, 11) is 3.21. The smallest absolute Gasteiger partial charge is 0.316 e. The van der Waals surface area contributed by atoms with Crippen LogP contribution in [0.1, 0.15) is 19.4 Å². The van der Waals surface area contributed by atoms with Crippen molar-refractivity contribution in [2.75, 3.05) is 14.2 Å². The Kier molecular flexibility index (Phi) is 6.02. The molecule has 1 N–H and O–H groups in total. The van der Waals surface area contributed by atoms with E-state index in [4.69, 9.17) is 9.47 Å². The average Bonchev–Trinajstić information content (AvgIpc) is 2.37. The number of hydrogen-bond donors (Lipinski definition) is 1. The molecule has 0 aliphatic rings. The monoisotopic (exact) mass is 284 g/mol. The van der Waals surface area contributed by atoms with Crippen molar-refractivity contribution in [2.45, 2.75) is 24.9 Å². The third-order valence-electron chi connectivity index (χ3n) is 2.75. The van der Waals surface area contributed by atoms with E-state index in [2.05, 4.69) is 0 Å². The topological polar surface area (TPSA) is 55.8 Å². The molecule has 0 heterocycles. The molecule has 0 saturated carbocycles. The van der Waals surface area contributed by atoms with E-state index < -0.39 is 11.2 Å². The Morgan fingerprint density at radius 3 is 2.47 bits per heavy atom. The Bertz CT molecular complexity index is 431. The van der Waals surface area contributed by atoms with Gasteiger partial charge in [-0.3, -0.25) is 4.79 Å². The zero-order valence-corrected chi connectivity index (χ0v) is 12.5. The molecular formula is C14H20O4S. The lowest BCUT2D eigenvalue weighted by molar-refractivity contribution is -0.137. The van der Waals surface area contributed by atoms with Crippen LogP contribution in [0.3, 0.4) is 0 Å². The van der Waals surface area contributed by atoms with Crippen molar-refractivity contribution in [3.63, 3.8) is 0 Å². The molecule has 4 nitrogen and oxygen atoms in total. The van der Waals surface area contributed by atoms with Crippen molar-refractivity contribution < 1.29 is 19.4 Å². The maximum Gasteiger partial charge on any atom is 0.316 e. The third kappa shape index (κ3) is 4.35. The Balaban J connectivity index is 2.83. The van der Waals surface area contributed by atoms with Gasteiger partial charge in [-0.05, 0) is 24.1 Å². The summed E-state index contributed by atoms with van der Waals surface area (Å²) in [6, 6.07) is 5.54. The molecule has 1 atom stereocenters. The molecule has 0 aliphatic carbocycles. The fourth-order valence-corrected chi connectivity index (χ4v) is 2.84. The molecule has 1 unspecified atom stereocenters. The Labute approximate surface area is 118 Å². The van der Waals surface area contributed by atoms with Gasteiger partial charge in [0.2, 0.25) is 0 Å². The van der Waals surface area contributed by atoms with E-state index in [0.29, 0.717) is 5.75 Å². The average molecular weight is 284 g/mol. The lowest BCUT2D eigenvalue weighted by Gasteiger charge is -2.17. The number of carbonyl (C=O) groups is 1. The van der Waals surface area contributed by atoms with Gasteiger partial charge in [-0.25, -0.2) is 0 Å². The summed E-state index contributed by atoms with van der Waals surface area (Å²) < 4.78 is 10.5. The highest BCUT2D eigenvalue weighted by molar-refractivity contribution is 7.99. The van der Waals surface area contributed by atoms with E-state index in [1.807, 2.05) is 32.0 Å². The van der Waals surface area contributed by atoms with E-state index in [1.165, 1.54) is 11.8 Å². The van der Waals surface area contributed by atoms with Crippen molar-refractivity contribution >= 4 is 17.7 Å². The predicted molar refractivity (Wildman–Crippen MR) is 77.1 cm³/mol. The van der Waals surface area contributed by atoms with Gasteiger partial charge in [0.15, 0.2) is 0 Å². The number of carboxylic acid groups (broad SMARTS) is 1. The molecule has 1 aromatic carbocycles. The molecule has 0 bridgehead atoms. The number of ether oxygens (including phenoxy) is 2. The minimum Gasteiger partial charge on any atom is -0.497 e. The van der Waals surface area contributed by atoms with Crippen LogP contribution in [0.4, 0.5) is 0 Å². The van der Waals surface area contributed by atoms with E-state index in [-0.39, 0.29) is 5.92 Å². The molecule has 19 heavy (non-hydrogen) atoms. The van der Waals surface area contributed by atoms with Crippen LogP contribution in [0, 0.1) is 5.92 Å². The summed E-state index contributed by atoms with van der Waals surface area (Å²) in [4.78, 5) is 11.2. The first-order chi connectivity index (χ1) is 8.99. The molecule has 0 saturated heterocycles. The number of aliphatic carboxylic acids is 1. The van der Waals surface area contributed by atoms with Crippen LogP contribution >= 0.6 is 11.8 Å². The third-order valence-corrected chi connectivity index (χ3v) is 4.34. The van der Waals surface area contributed by atoms with Crippen LogP contribution in [0.5, 0.6) is 11.5 Å². The summed E-state index contributed by atoms with van der Waals surface area (Å²) in [5.74, 6) is 1.38. The second kappa shape index (κ2) is 7.28. The predicted octanol–water partition coefficient (Wildman–Crippen LogP) is 3.05. The lowest BCUT2D eigenvalue weighted by atomic mass is 10.1. The molecule has 0 radical (unpaired) electrons. The minimum atomic E-state index is -0.776. The van der Waals surface area contributed by atoms with Crippen LogP contribution in [0.25, 0.3) is 0 Å². The first-order valence-corrected chi connectivity index (χ1v) is 7.09. The van der Waals surface area contributed by atoms with E-state index in [0.717, 1.165) is 17.1 Å². The number of rotatable bonds is 7. The fourth-order valence-electron chi connectivity index (χ4n) is 1.72. The molecule has 0 spiro atoms. The summed E-state index contributed by atoms with van der Waals surface area (Å²) in [6.07, 6.45) is 0. The number of benzene rings is 1. The first kappa shape index (κ1) is 15.7. The second-order valence-corrected chi connectivity index (χ2v) is 5.62. The van der Waals surface area contributed by atoms with Crippen molar-refractivity contribution in [1.82, 2.24) is 0 Å². The van der Waals surface area contributed by atoms with Crippen LogP contribution < -0.4 is 9.47 Å². The summed E-state index contributed by atoms with van der Waals surface area (Å²) in [5, 5.41) is 8.75. The number of hydrogen-bond acceptors (Lipinski definition) is 4. The van der Waals surface area contributed by atoms with Gasteiger partial charge < -0.3 is 14.6 Å². The molecular weight excluding hydrogens is 264 g/mol. The quantitative estimate of drug-likeness (QED) is 0.834. The van der Waals surface area contributed by atoms with Crippen molar-refractivity contribution in [3.8, 4) is 11.5 Å². The second-order valence-electron chi connectivity index (χ2n) is 4.49. The zero-order valence-electron chi connectivity index (χ0n) is 11.7. The molecule has 106 valence electrons. The van der Waals surface area contributed by atoms with Crippen LogP contribution in [0.2, 0.25) is 0 Å². The zero-order chi connectivity index (χ0) is 14.4. The van der Waals surface area contributed by atoms with Gasteiger partial charge >= 0.3 is 5.97 Å². The highest BCUT2D eigenvalue weighted by atomic mass is 32.2. The minimum absolute atomic E-state index is 0.0825. The fraction of sp³-hybridized carbons (Fsp3) is 0.500. The SMILES string of the molecule is COc1ccc(OC)c(CSC(C(=O)O)C(C)C)c1. The molecule has 0 aliphatic heterocycles. The standard InChI is InChI=1S/C14H20O4S/c1-9(2)13(14(15)16)19-8-10-7-11(17-3)5-6-12(10)18-4/h5-7,9,13H,8H2,1-4H3,(H,15,16). The summed E-state index contributed by atoms with van der Waals surface area (Å²) in [6.45, 7) is 3.82. The Morgan fingerprint density at radius 1 is 1.32 bits per heavy atom. The summed E-state index contributed by atoms with van der Waals surface area (Å²) in [5.41, 5.74) is 0.943. The van der Waals surface area contributed by atoms with Gasteiger partial charge in [-0.2, -0.15) is 0 Å². The normalized spacial score (nSPS) is 12.3. The van der Waals surface area contributed by atoms with Crippen molar-refractivity contribution in [1.29, 1.82) is 0 Å². The van der Waals surface area contributed by atoms with Crippen LogP contribution in [-0.4, -0.2) is 30.5 Å². The summed E-state index contributed by atoms with van der Waals surface area (Å²) >= 11 is 1.40. The number of carboxylic acids is 1. The molecule has 1 aromatic rings. The van der Waals surface area contributed by atoms with Gasteiger partial charge in [0.25, 0.3) is 0 Å². The van der Waals surface area contributed by atoms with Gasteiger partial charge in [-0.15, -0.1) is 11.8 Å². The molecule has 5 heteroatoms. The maximum absolute atomic E-state index is 11.2. The number of thioether (sulfide) groups is 1. The number of methoxy groups -OCH3 is 2. The molecule has 0 amide bonds. The highest BCUT2D eigenvalue weighted by Crippen LogP contribution is 2.31. The lowest BCUT2D eigenvalue weighted by Crippen LogP contribution is -2.22. The molecule has 0 aromatic heterocycles. The molecule has 1 rings (SSSR count). The van der Waals surface area contributed by atoms with E-state index in [9.17, 15) is 9.90 Å². The van der Waals surface area contributed by atoms with Crippen molar-refractivity contribution in [3.05, 3.63) is 23.8 Å². The first-order valence-electron chi connectivity index (χ1n) is 6.05. The molecule has 0 fully saturated rings. The van der Waals surface area contributed by atoms with Crippen LogP contribution in [0.15, 0.2) is 18.2 Å².